The van der Waals surface area contributed by atoms with Crippen LogP contribution in [0, 0.1) is 5.41 Å². The van der Waals surface area contributed by atoms with Gasteiger partial charge in [0.25, 0.3) is 0 Å². The molecule has 3 heteroatoms. The highest BCUT2D eigenvalue weighted by atomic mass is 16.5. The zero-order valence-corrected chi connectivity index (χ0v) is 9.29. The summed E-state index contributed by atoms with van der Waals surface area (Å²) in [4.78, 5) is 2.53. The van der Waals surface area contributed by atoms with E-state index >= 15 is 0 Å². The molecule has 0 aromatic carbocycles. The summed E-state index contributed by atoms with van der Waals surface area (Å²) in [7, 11) is 1.81. The molecule has 1 atom stereocenters. The average molecular weight is 199 g/mol. The van der Waals surface area contributed by atoms with Gasteiger partial charge in [0.1, 0.15) is 0 Å². The lowest BCUT2D eigenvalue weighted by atomic mass is 10.1. The zero-order chi connectivity index (χ0) is 10.0. The third-order valence-corrected chi connectivity index (χ3v) is 3.29. The Labute approximate surface area is 86.4 Å². The molecule has 1 saturated carbocycles. The Morgan fingerprint density at radius 2 is 2.29 bits per heavy atom. The lowest BCUT2D eigenvalue weighted by molar-refractivity contribution is -0.0293. The Balaban J connectivity index is 1.79. The quantitative estimate of drug-likeness (QED) is 0.677. The van der Waals surface area contributed by atoms with Gasteiger partial charge >= 0.3 is 0 Å². The molecule has 0 unspecified atom stereocenters. The molecule has 0 spiro atoms. The van der Waals surface area contributed by atoms with Gasteiger partial charge in [-0.25, -0.2) is 0 Å². The van der Waals surface area contributed by atoms with Crippen molar-refractivity contribution in [2.45, 2.75) is 25.9 Å². The third kappa shape index (κ3) is 2.47. The van der Waals surface area contributed by atoms with Gasteiger partial charge in [0.2, 0.25) is 0 Å². The summed E-state index contributed by atoms with van der Waals surface area (Å²) in [6, 6.07) is 0. The summed E-state index contributed by atoms with van der Waals surface area (Å²) >= 11 is 0. The first-order chi connectivity index (χ1) is 6.74. The summed E-state index contributed by atoms with van der Waals surface area (Å²) in [5, 5.41) is 0. The SMILES string of the molecule is COCC1(CN2CCO[C@@H](C)C2)CC1. The van der Waals surface area contributed by atoms with E-state index in [4.69, 9.17) is 9.47 Å². The third-order valence-electron chi connectivity index (χ3n) is 3.29. The fourth-order valence-electron chi connectivity index (χ4n) is 2.34. The Bertz CT molecular complexity index is 192. The van der Waals surface area contributed by atoms with Crippen molar-refractivity contribution in [1.29, 1.82) is 0 Å². The molecular weight excluding hydrogens is 178 g/mol. The molecule has 14 heavy (non-hydrogen) atoms. The molecule has 0 N–H and O–H groups in total. The van der Waals surface area contributed by atoms with E-state index in [1.165, 1.54) is 19.4 Å². The molecule has 3 nitrogen and oxygen atoms in total. The van der Waals surface area contributed by atoms with Gasteiger partial charge in [0.15, 0.2) is 0 Å². The van der Waals surface area contributed by atoms with Crippen LogP contribution in [0.25, 0.3) is 0 Å². The lowest BCUT2D eigenvalue weighted by Gasteiger charge is -2.33. The van der Waals surface area contributed by atoms with Crippen LogP contribution in [0.3, 0.4) is 0 Å². The topological polar surface area (TPSA) is 21.7 Å². The van der Waals surface area contributed by atoms with Crippen LogP contribution in [0.4, 0.5) is 0 Å². The average Bonchev–Trinajstić information content (AvgIpc) is 2.85. The standard InChI is InChI=1S/C11H21NO2/c1-10-7-12(5-6-14-10)8-11(3-4-11)9-13-2/h10H,3-9H2,1-2H3/t10-/m0/s1. The van der Waals surface area contributed by atoms with Crippen LogP contribution in [-0.4, -0.2) is 51.0 Å². The second kappa shape index (κ2) is 4.17. The van der Waals surface area contributed by atoms with Gasteiger partial charge in [0, 0.05) is 32.2 Å². The van der Waals surface area contributed by atoms with Crippen LogP contribution in [0.5, 0.6) is 0 Å². The van der Waals surface area contributed by atoms with E-state index in [-0.39, 0.29) is 0 Å². The van der Waals surface area contributed by atoms with Gasteiger partial charge < -0.3 is 9.47 Å². The Hall–Kier alpha value is -0.120. The van der Waals surface area contributed by atoms with Crippen molar-refractivity contribution >= 4 is 0 Å². The molecule has 0 aromatic rings. The molecule has 0 bridgehead atoms. The van der Waals surface area contributed by atoms with Gasteiger partial charge in [-0.3, -0.25) is 4.90 Å². The Morgan fingerprint density at radius 3 is 2.86 bits per heavy atom. The molecule has 0 amide bonds. The van der Waals surface area contributed by atoms with Crippen LogP contribution in [0.15, 0.2) is 0 Å². The van der Waals surface area contributed by atoms with E-state index in [1.54, 1.807) is 0 Å². The van der Waals surface area contributed by atoms with E-state index in [2.05, 4.69) is 11.8 Å². The summed E-state index contributed by atoms with van der Waals surface area (Å²) in [6.45, 7) is 7.36. The molecule has 2 aliphatic rings. The Morgan fingerprint density at radius 1 is 1.50 bits per heavy atom. The molecular formula is C11H21NO2. The maximum absolute atomic E-state index is 5.53. The number of ether oxygens (including phenoxy) is 2. The highest BCUT2D eigenvalue weighted by molar-refractivity contribution is 4.96. The maximum atomic E-state index is 5.53. The molecule has 82 valence electrons. The van der Waals surface area contributed by atoms with Crippen LogP contribution < -0.4 is 0 Å². The molecule has 1 heterocycles. The molecule has 2 rings (SSSR count). The van der Waals surface area contributed by atoms with Gasteiger partial charge in [-0.1, -0.05) is 0 Å². The Kier molecular flexibility index (Phi) is 3.10. The van der Waals surface area contributed by atoms with Gasteiger partial charge in [-0.05, 0) is 19.8 Å². The van der Waals surface area contributed by atoms with Gasteiger partial charge in [-0.2, -0.15) is 0 Å². The van der Waals surface area contributed by atoms with Crippen LogP contribution in [-0.2, 0) is 9.47 Å². The van der Waals surface area contributed by atoms with Crippen LogP contribution >= 0.6 is 0 Å². The molecule has 1 saturated heterocycles. The van der Waals surface area contributed by atoms with Crippen molar-refractivity contribution in [3.05, 3.63) is 0 Å². The normalized spacial score (nSPS) is 31.7. The lowest BCUT2D eigenvalue weighted by Crippen LogP contribution is -2.44. The second-order valence-corrected chi connectivity index (χ2v) is 4.85. The van der Waals surface area contributed by atoms with Gasteiger partial charge in [-0.15, -0.1) is 0 Å². The number of nitrogens with zero attached hydrogens (tertiary/aromatic N) is 1. The van der Waals surface area contributed by atoms with E-state index in [1.807, 2.05) is 7.11 Å². The minimum Gasteiger partial charge on any atom is -0.384 e. The summed E-state index contributed by atoms with van der Waals surface area (Å²) in [5.74, 6) is 0. The smallest absolute Gasteiger partial charge is 0.0674 e. The first-order valence-electron chi connectivity index (χ1n) is 5.57. The first kappa shape index (κ1) is 10.4. The molecule has 0 radical (unpaired) electrons. The monoisotopic (exact) mass is 199 g/mol. The number of hydrogen-bond acceptors (Lipinski definition) is 3. The highest BCUT2D eigenvalue weighted by Crippen LogP contribution is 2.46. The summed E-state index contributed by atoms with van der Waals surface area (Å²) in [6.07, 6.45) is 3.08. The highest BCUT2D eigenvalue weighted by Gasteiger charge is 2.44. The second-order valence-electron chi connectivity index (χ2n) is 4.85. The molecule has 0 aromatic heterocycles. The van der Waals surface area contributed by atoms with Crippen molar-refractivity contribution in [3.63, 3.8) is 0 Å². The predicted octanol–water partition coefficient (Wildman–Crippen LogP) is 1.13. The summed E-state index contributed by atoms with van der Waals surface area (Å²) < 4.78 is 10.8. The van der Waals surface area contributed by atoms with E-state index in [9.17, 15) is 0 Å². The zero-order valence-electron chi connectivity index (χ0n) is 9.29. The van der Waals surface area contributed by atoms with Crippen LogP contribution in [0.1, 0.15) is 19.8 Å². The predicted molar refractivity (Wildman–Crippen MR) is 55.4 cm³/mol. The van der Waals surface area contributed by atoms with Crippen molar-refractivity contribution < 1.29 is 9.47 Å². The number of morpholine rings is 1. The molecule has 2 fully saturated rings. The fourth-order valence-corrected chi connectivity index (χ4v) is 2.34. The van der Waals surface area contributed by atoms with Crippen molar-refractivity contribution in [2.24, 2.45) is 5.41 Å². The van der Waals surface area contributed by atoms with Gasteiger partial charge in [0.05, 0.1) is 19.3 Å². The van der Waals surface area contributed by atoms with Crippen molar-refractivity contribution in [1.82, 2.24) is 4.90 Å². The van der Waals surface area contributed by atoms with Crippen molar-refractivity contribution in [3.8, 4) is 0 Å². The van der Waals surface area contributed by atoms with E-state index < -0.39 is 0 Å². The maximum Gasteiger partial charge on any atom is 0.0674 e. The van der Waals surface area contributed by atoms with Crippen LogP contribution in [0.2, 0.25) is 0 Å². The first-order valence-corrected chi connectivity index (χ1v) is 5.57. The number of rotatable bonds is 4. The largest absolute Gasteiger partial charge is 0.384 e. The minimum absolute atomic E-state index is 0.405. The fraction of sp³-hybridized carbons (Fsp3) is 1.00. The summed E-state index contributed by atoms with van der Waals surface area (Å²) in [5.41, 5.74) is 0.492. The molecule has 1 aliphatic heterocycles. The minimum atomic E-state index is 0.405. The van der Waals surface area contributed by atoms with E-state index in [0.29, 0.717) is 11.5 Å². The van der Waals surface area contributed by atoms with E-state index in [0.717, 1.165) is 26.3 Å². The molecule has 1 aliphatic carbocycles. The van der Waals surface area contributed by atoms with Crippen molar-refractivity contribution in [2.75, 3.05) is 40.0 Å². The number of methoxy groups -OCH3 is 1. The number of hydrogen-bond donors (Lipinski definition) is 0.